The van der Waals surface area contributed by atoms with Crippen molar-refractivity contribution in [3.63, 3.8) is 0 Å². The van der Waals surface area contributed by atoms with Crippen LogP contribution in [0.5, 0.6) is 5.75 Å². The van der Waals surface area contributed by atoms with E-state index < -0.39 is 5.97 Å². The largest absolute Gasteiger partial charge is 0.497 e. The first kappa shape index (κ1) is 14.9. The minimum absolute atomic E-state index is 0.0290. The van der Waals surface area contributed by atoms with Gasteiger partial charge < -0.3 is 9.84 Å². The molecule has 0 unspecified atom stereocenters. The van der Waals surface area contributed by atoms with Gasteiger partial charge in [-0.2, -0.15) is 5.10 Å². The van der Waals surface area contributed by atoms with Gasteiger partial charge in [0.25, 0.3) is 0 Å². The normalized spacial score (nSPS) is 10.6. The molecule has 2 rings (SSSR count). The van der Waals surface area contributed by atoms with Crippen LogP contribution in [-0.2, 0) is 0 Å². The molecule has 2 N–H and O–H groups in total. The molecule has 0 aromatic heterocycles. The molecule has 5 nitrogen and oxygen atoms in total. The molecule has 0 bridgehead atoms. The lowest BCUT2D eigenvalue weighted by Crippen LogP contribution is -1.99. The van der Waals surface area contributed by atoms with Crippen LogP contribution in [0.2, 0.25) is 5.02 Å². The first-order valence-corrected chi connectivity index (χ1v) is 6.44. The lowest BCUT2D eigenvalue weighted by atomic mass is 10.2. The summed E-state index contributed by atoms with van der Waals surface area (Å²) >= 11 is 5.79. The number of ether oxygens (including phenoxy) is 1. The fraction of sp³-hybridized carbons (Fsp3) is 0.0667. The van der Waals surface area contributed by atoms with Crippen molar-refractivity contribution >= 4 is 29.5 Å². The van der Waals surface area contributed by atoms with Crippen molar-refractivity contribution in [3.05, 3.63) is 58.6 Å². The van der Waals surface area contributed by atoms with Gasteiger partial charge in [-0.3, -0.25) is 5.43 Å². The van der Waals surface area contributed by atoms with E-state index >= 15 is 0 Å². The van der Waals surface area contributed by atoms with E-state index in [1.807, 2.05) is 24.3 Å². The zero-order valence-corrected chi connectivity index (χ0v) is 12.0. The summed E-state index contributed by atoms with van der Waals surface area (Å²) in [6, 6.07) is 12.0. The zero-order chi connectivity index (χ0) is 15.2. The number of benzene rings is 2. The summed E-state index contributed by atoms with van der Waals surface area (Å²) in [4.78, 5) is 11.0. The molecule has 0 heterocycles. The molecule has 0 amide bonds. The van der Waals surface area contributed by atoms with Gasteiger partial charge >= 0.3 is 5.97 Å². The molecular weight excluding hydrogens is 292 g/mol. The molecule has 0 atom stereocenters. The van der Waals surface area contributed by atoms with E-state index in [9.17, 15) is 4.79 Å². The van der Waals surface area contributed by atoms with Gasteiger partial charge in [0.05, 0.1) is 29.6 Å². The van der Waals surface area contributed by atoms with Crippen molar-refractivity contribution in [3.8, 4) is 5.75 Å². The lowest BCUT2D eigenvalue weighted by molar-refractivity contribution is 0.0697. The molecular formula is C15H13ClN2O3. The van der Waals surface area contributed by atoms with Crippen molar-refractivity contribution in [2.24, 2.45) is 5.10 Å². The number of hydrogen-bond donors (Lipinski definition) is 2. The Morgan fingerprint density at radius 3 is 2.62 bits per heavy atom. The maximum absolute atomic E-state index is 11.0. The average Bonchev–Trinajstić information content (AvgIpc) is 2.49. The first-order valence-electron chi connectivity index (χ1n) is 6.06. The summed E-state index contributed by atoms with van der Waals surface area (Å²) in [6.45, 7) is 0. The quantitative estimate of drug-likeness (QED) is 0.655. The molecule has 0 saturated carbocycles. The minimum atomic E-state index is -1.08. The van der Waals surface area contributed by atoms with Gasteiger partial charge in [-0.1, -0.05) is 11.6 Å². The van der Waals surface area contributed by atoms with Crippen LogP contribution in [0.4, 0.5) is 5.69 Å². The highest BCUT2D eigenvalue weighted by atomic mass is 35.5. The van der Waals surface area contributed by atoms with Gasteiger partial charge in [0.1, 0.15) is 5.75 Å². The third-order valence-corrected chi connectivity index (χ3v) is 3.05. The van der Waals surface area contributed by atoms with E-state index in [1.54, 1.807) is 19.4 Å². The summed E-state index contributed by atoms with van der Waals surface area (Å²) in [7, 11) is 1.60. The third kappa shape index (κ3) is 3.97. The summed E-state index contributed by atoms with van der Waals surface area (Å²) in [5, 5.41) is 13.2. The Labute approximate surface area is 126 Å². The standard InChI is InChI=1S/C15H13ClN2O3/c1-21-12-5-2-10(3-6-12)9-17-18-11-4-7-14(16)13(8-11)15(19)20/h2-9,18H,1H3,(H,19,20)/b17-9-. The average molecular weight is 305 g/mol. The predicted octanol–water partition coefficient (Wildman–Crippen LogP) is 3.49. The van der Waals surface area contributed by atoms with Gasteiger partial charge in [-0.05, 0) is 48.0 Å². The number of hydrazone groups is 1. The van der Waals surface area contributed by atoms with Gasteiger partial charge in [0.2, 0.25) is 0 Å². The summed E-state index contributed by atoms with van der Waals surface area (Å²) in [5.74, 6) is -0.313. The lowest BCUT2D eigenvalue weighted by Gasteiger charge is -2.03. The van der Waals surface area contributed by atoms with E-state index in [1.165, 1.54) is 12.1 Å². The van der Waals surface area contributed by atoms with Crippen LogP contribution in [0.15, 0.2) is 47.6 Å². The van der Waals surface area contributed by atoms with Crippen LogP contribution in [-0.4, -0.2) is 24.4 Å². The number of halogens is 1. The minimum Gasteiger partial charge on any atom is -0.497 e. The third-order valence-electron chi connectivity index (χ3n) is 2.72. The number of nitrogens with zero attached hydrogens (tertiary/aromatic N) is 1. The number of methoxy groups -OCH3 is 1. The van der Waals surface area contributed by atoms with Crippen LogP contribution in [0.3, 0.4) is 0 Å². The number of carbonyl (C=O) groups is 1. The van der Waals surface area contributed by atoms with Crippen molar-refractivity contribution in [2.75, 3.05) is 12.5 Å². The monoisotopic (exact) mass is 304 g/mol. The summed E-state index contributed by atoms with van der Waals surface area (Å²) < 4.78 is 5.06. The Kier molecular flexibility index (Phi) is 4.79. The number of carboxylic acids is 1. The number of hydrogen-bond acceptors (Lipinski definition) is 4. The van der Waals surface area contributed by atoms with Gasteiger partial charge in [0.15, 0.2) is 0 Å². The molecule has 108 valence electrons. The zero-order valence-electron chi connectivity index (χ0n) is 11.2. The predicted molar refractivity (Wildman–Crippen MR) is 82.6 cm³/mol. The smallest absolute Gasteiger partial charge is 0.337 e. The molecule has 0 radical (unpaired) electrons. The van der Waals surface area contributed by atoms with E-state index in [0.717, 1.165) is 11.3 Å². The fourth-order valence-corrected chi connectivity index (χ4v) is 1.83. The van der Waals surface area contributed by atoms with Crippen molar-refractivity contribution in [1.29, 1.82) is 0 Å². The second kappa shape index (κ2) is 6.76. The van der Waals surface area contributed by atoms with Crippen molar-refractivity contribution in [1.82, 2.24) is 0 Å². The van der Waals surface area contributed by atoms with E-state index in [-0.39, 0.29) is 10.6 Å². The van der Waals surface area contributed by atoms with Crippen LogP contribution in [0.1, 0.15) is 15.9 Å². The Morgan fingerprint density at radius 2 is 2.00 bits per heavy atom. The molecule has 2 aromatic carbocycles. The molecule has 6 heteroatoms. The Balaban J connectivity index is 2.06. The molecule has 2 aromatic rings. The highest BCUT2D eigenvalue weighted by Gasteiger charge is 2.08. The molecule has 0 aliphatic rings. The number of carboxylic acid groups (broad SMARTS) is 1. The van der Waals surface area contributed by atoms with Gasteiger partial charge in [0, 0.05) is 0 Å². The number of nitrogens with one attached hydrogen (secondary N) is 1. The van der Waals surface area contributed by atoms with E-state index in [2.05, 4.69) is 10.5 Å². The Morgan fingerprint density at radius 1 is 1.29 bits per heavy atom. The highest BCUT2D eigenvalue weighted by Crippen LogP contribution is 2.20. The first-order chi connectivity index (χ1) is 10.1. The van der Waals surface area contributed by atoms with Crippen LogP contribution in [0, 0.1) is 0 Å². The number of anilines is 1. The Hall–Kier alpha value is -2.53. The second-order valence-electron chi connectivity index (χ2n) is 4.14. The highest BCUT2D eigenvalue weighted by molar-refractivity contribution is 6.33. The molecule has 0 spiro atoms. The van der Waals surface area contributed by atoms with Gasteiger partial charge in [-0.25, -0.2) is 4.79 Å². The Bertz CT molecular complexity index is 669. The fourth-order valence-electron chi connectivity index (χ4n) is 1.63. The van der Waals surface area contributed by atoms with E-state index in [4.69, 9.17) is 21.4 Å². The van der Waals surface area contributed by atoms with Crippen LogP contribution in [0.25, 0.3) is 0 Å². The van der Waals surface area contributed by atoms with Crippen molar-refractivity contribution < 1.29 is 14.6 Å². The molecule has 0 fully saturated rings. The SMILES string of the molecule is COc1ccc(/C=N\Nc2ccc(Cl)c(C(=O)O)c2)cc1. The second-order valence-corrected chi connectivity index (χ2v) is 4.55. The maximum atomic E-state index is 11.0. The molecule has 0 aliphatic heterocycles. The van der Waals surface area contributed by atoms with Gasteiger partial charge in [-0.15, -0.1) is 0 Å². The molecule has 21 heavy (non-hydrogen) atoms. The maximum Gasteiger partial charge on any atom is 0.337 e. The number of rotatable bonds is 5. The van der Waals surface area contributed by atoms with E-state index in [0.29, 0.717) is 5.69 Å². The molecule has 0 aliphatic carbocycles. The van der Waals surface area contributed by atoms with Crippen molar-refractivity contribution in [2.45, 2.75) is 0 Å². The van der Waals surface area contributed by atoms with Crippen LogP contribution >= 0.6 is 11.6 Å². The number of aromatic carboxylic acids is 1. The summed E-state index contributed by atoms with van der Waals surface area (Å²) in [6.07, 6.45) is 1.62. The van der Waals surface area contributed by atoms with Crippen LogP contribution < -0.4 is 10.2 Å². The molecule has 0 saturated heterocycles. The topological polar surface area (TPSA) is 70.9 Å². The summed E-state index contributed by atoms with van der Waals surface area (Å²) in [5.41, 5.74) is 4.22.